The molecule has 178 valence electrons. The van der Waals surface area contributed by atoms with Crippen LogP contribution in [0.4, 0.5) is 4.39 Å². The van der Waals surface area contributed by atoms with E-state index < -0.39 is 5.82 Å². The standard InChI is InChI=1S/C26H23ClFN5O2/c27-23-14-21(22(28)16-30-23)26(35)33-10-6-19(7-11-33)18-1-3-20(4-2-18)25(34)31-15-17-5-9-32-12-8-29-24(32)13-17/h1-5,8-9,12-14,16,19H,6-7,10-11,15H2,(H,31,34). The third-order valence-electron chi connectivity index (χ3n) is 6.39. The van der Waals surface area contributed by atoms with E-state index in [1.165, 1.54) is 6.07 Å². The summed E-state index contributed by atoms with van der Waals surface area (Å²) in [4.78, 5) is 34.9. The predicted octanol–water partition coefficient (Wildman–Crippen LogP) is 4.47. The number of halogens is 2. The third-order valence-corrected chi connectivity index (χ3v) is 6.60. The molecule has 1 N–H and O–H groups in total. The SMILES string of the molecule is O=C(NCc1ccn2ccnc2c1)c1ccc(C2CCN(C(=O)c3cc(Cl)ncc3F)CC2)cc1. The fourth-order valence-electron chi connectivity index (χ4n) is 4.42. The Bertz CT molecular complexity index is 1380. The van der Waals surface area contributed by atoms with Gasteiger partial charge in [-0.05, 0) is 60.2 Å². The van der Waals surface area contributed by atoms with Crippen LogP contribution in [0.1, 0.15) is 50.6 Å². The first-order chi connectivity index (χ1) is 17.0. The van der Waals surface area contributed by atoms with E-state index in [4.69, 9.17) is 11.6 Å². The minimum absolute atomic E-state index is 0.0523. The molecule has 0 radical (unpaired) electrons. The van der Waals surface area contributed by atoms with Crippen LogP contribution < -0.4 is 5.32 Å². The summed E-state index contributed by atoms with van der Waals surface area (Å²) in [5.74, 6) is -0.914. The van der Waals surface area contributed by atoms with E-state index in [-0.39, 0.29) is 28.4 Å². The van der Waals surface area contributed by atoms with Gasteiger partial charge >= 0.3 is 0 Å². The van der Waals surface area contributed by atoms with E-state index in [1.54, 1.807) is 11.1 Å². The normalized spacial score (nSPS) is 14.3. The number of hydrogen-bond donors (Lipinski definition) is 1. The maximum absolute atomic E-state index is 14.0. The highest BCUT2D eigenvalue weighted by Gasteiger charge is 2.26. The second-order valence-corrected chi connectivity index (χ2v) is 8.97. The van der Waals surface area contributed by atoms with Crippen molar-refractivity contribution in [3.8, 4) is 0 Å². The topological polar surface area (TPSA) is 79.6 Å². The monoisotopic (exact) mass is 491 g/mol. The van der Waals surface area contributed by atoms with Crippen molar-refractivity contribution in [2.45, 2.75) is 25.3 Å². The summed E-state index contributed by atoms with van der Waals surface area (Å²) >= 11 is 5.83. The highest BCUT2D eigenvalue weighted by atomic mass is 35.5. The first-order valence-corrected chi connectivity index (χ1v) is 11.8. The van der Waals surface area contributed by atoms with Crippen LogP contribution in [0.15, 0.2) is 67.3 Å². The minimum Gasteiger partial charge on any atom is -0.348 e. The van der Waals surface area contributed by atoms with E-state index in [0.717, 1.165) is 35.8 Å². The molecular formula is C26H23ClFN5O2. The van der Waals surface area contributed by atoms with Gasteiger partial charge in [0.25, 0.3) is 11.8 Å². The fourth-order valence-corrected chi connectivity index (χ4v) is 4.57. The number of likely N-dealkylation sites (tertiary alicyclic amines) is 1. The molecule has 1 aliphatic rings. The van der Waals surface area contributed by atoms with Gasteiger partial charge in [-0.2, -0.15) is 0 Å². The summed E-state index contributed by atoms with van der Waals surface area (Å²) in [6.45, 7) is 1.46. The maximum Gasteiger partial charge on any atom is 0.256 e. The van der Waals surface area contributed by atoms with Crippen LogP contribution in [0.25, 0.3) is 5.65 Å². The highest BCUT2D eigenvalue weighted by molar-refractivity contribution is 6.29. The molecule has 0 spiro atoms. The number of rotatable bonds is 5. The second-order valence-electron chi connectivity index (χ2n) is 8.59. The van der Waals surface area contributed by atoms with Crippen LogP contribution in [-0.4, -0.2) is 44.2 Å². The van der Waals surface area contributed by atoms with Crippen LogP contribution in [0, 0.1) is 5.82 Å². The van der Waals surface area contributed by atoms with E-state index in [0.29, 0.717) is 25.2 Å². The number of carbonyl (C=O) groups is 2. The first-order valence-electron chi connectivity index (χ1n) is 11.4. The summed E-state index contributed by atoms with van der Waals surface area (Å²) in [6.07, 6.45) is 8.01. The molecular weight excluding hydrogens is 469 g/mol. The Balaban J connectivity index is 1.16. The molecule has 1 aromatic carbocycles. The van der Waals surface area contributed by atoms with Crippen LogP contribution in [-0.2, 0) is 6.54 Å². The van der Waals surface area contributed by atoms with Crippen LogP contribution >= 0.6 is 11.6 Å². The van der Waals surface area contributed by atoms with Crippen molar-refractivity contribution in [1.29, 1.82) is 0 Å². The number of imidazole rings is 1. The number of carbonyl (C=O) groups excluding carboxylic acids is 2. The number of piperidine rings is 1. The van der Waals surface area contributed by atoms with E-state index in [9.17, 15) is 14.0 Å². The molecule has 4 aromatic rings. The summed E-state index contributed by atoms with van der Waals surface area (Å²) in [5, 5.41) is 3.04. The van der Waals surface area contributed by atoms with Crippen LogP contribution in [0.5, 0.6) is 0 Å². The smallest absolute Gasteiger partial charge is 0.256 e. The Labute approximate surface area is 206 Å². The number of hydrogen-bond acceptors (Lipinski definition) is 4. The van der Waals surface area contributed by atoms with Crippen molar-refractivity contribution in [2.75, 3.05) is 13.1 Å². The van der Waals surface area contributed by atoms with Crippen molar-refractivity contribution in [3.63, 3.8) is 0 Å². The zero-order valence-electron chi connectivity index (χ0n) is 18.8. The highest BCUT2D eigenvalue weighted by Crippen LogP contribution is 2.29. The van der Waals surface area contributed by atoms with Crippen molar-refractivity contribution < 1.29 is 14.0 Å². The lowest BCUT2D eigenvalue weighted by molar-refractivity contribution is 0.0707. The number of fused-ring (bicyclic) bond motifs is 1. The molecule has 1 fully saturated rings. The van der Waals surface area contributed by atoms with Gasteiger partial charge in [0.15, 0.2) is 5.82 Å². The Morgan fingerprint density at radius 3 is 2.60 bits per heavy atom. The molecule has 0 aliphatic carbocycles. The van der Waals surface area contributed by atoms with Gasteiger partial charge in [0.1, 0.15) is 10.8 Å². The predicted molar refractivity (Wildman–Crippen MR) is 130 cm³/mol. The Morgan fingerprint density at radius 2 is 1.83 bits per heavy atom. The molecule has 0 bridgehead atoms. The summed E-state index contributed by atoms with van der Waals surface area (Å²) < 4.78 is 15.9. The zero-order valence-corrected chi connectivity index (χ0v) is 19.6. The number of benzene rings is 1. The lowest BCUT2D eigenvalue weighted by Gasteiger charge is -2.32. The summed E-state index contributed by atoms with van der Waals surface area (Å²) in [6, 6.07) is 12.8. The molecule has 1 saturated heterocycles. The largest absolute Gasteiger partial charge is 0.348 e. The molecule has 0 saturated carbocycles. The minimum atomic E-state index is -0.669. The number of nitrogens with one attached hydrogen (secondary N) is 1. The zero-order chi connectivity index (χ0) is 24.4. The first kappa shape index (κ1) is 23.0. The van der Waals surface area contributed by atoms with E-state index in [1.807, 2.05) is 53.2 Å². The van der Waals surface area contributed by atoms with Crippen molar-refractivity contribution in [2.24, 2.45) is 0 Å². The van der Waals surface area contributed by atoms with E-state index >= 15 is 0 Å². The maximum atomic E-state index is 14.0. The molecule has 5 rings (SSSR count). The molecule has 9 heteroatoms. The molecule has 3 aromatic heterocycles. The van der Waals surface area contributed by atoms with Crippen molar-refractivity contribution >= 4 is 29.1 Å². The number of pyridine rings is 2. The van der Waals surface area contributed by atoms with Gasteiger partial charge in [-0.3, -0.25) is 9.59 Å². The Morgan fingerprint density at radius 1 is 1.06 bits per heavy atom. The molecule has 7 nitrogen and oxygen atoms in total. The lowest BCUT2D eigenvalue weighted by Crippen LogP contribution is -2.38. The molecule has 0 atom stereocenters. The second kappa shape index (κ2) is 9.84. The molecule has 1 aliphatic heterocycles. The van der Waals surface area contributed by atoms with Crippen molar-refractivity contribution in [3.05, 3.63) is 100 Å². The lowest BCUT2D eigenvalue weighted by atomic mass is 9.88. The van der Waals surface area contributed by atoms with Gasteiger partial charge in [-0.1, -0.05) is 23.7 Å². The summed E-state index contributed by atoms with van der Waals surface area (Å²) in [5.41, 5.74) is 3.47. The van der Waals surface area contributed by atoms with Crippen LogP contribution in [0.3, 0.4) is 0 Å². The van der Waals surface area contributed by atoms with Crippen molar-refractivity contribution in [1.82, 2.24) is 24.6 Å². The third kappa shape index (κ3) is 5.02. The fraction of sp³-hybridized carbons (Fsp3) is 0.231. The van der Waals surface area contributed by atoms with Gasteiger partial charge in [0, 0.05) is 43.8 Å². The molecule has 4 heterocycles. The number of nitrogens with zero attached hydrogens (tertiary/aromatic N) is 4. The van der Waals surface area contributed by atoms with Gasteiger partial charge in [-0.15, -0.1) is 0 Å². The summed E-state index contributed by atoms with van der Waals surface area (Å²) in [7, 11) is 0. The molecule has 35 heavy (non-hydrogen) atoms. The van der Waals surface area contributed by atoms with Gasteiger partial charge < -0.3 is 14.6 Å². The number of amides is 2. The average molecular weight is 492 g/mol. The van der Waals surface area contributed by atoms with Crippen LogP contribution in [0.2, 0.25) is 5.15 Å². The van der Waals surface area contributed by atoms with Gasteiger partial charge in [0.05, 0.1) is 11.8 Å². The average Bonchev–Trinajstić information content (AvgIpc) is 3.36. The quantitative estimate of drug-likeness (QED) is 0.418. The molecule has 0 unspecified atom stereocenters. The van der Waals surface area contributed by atoms with E-state index in [2.05, 4.69) is 15.3 Å². The number of aromatic nitrogens is 3. The molecule has 2 amide bonds. The van der Waals surface area contributed by atoms with Gasteiger partial charge in [-0.25, -0.2) is 14.4 Å². The van der Waals surface area contributed by atoms with Gasteiger partial charge in [0.2, 0.25) is 0 Å². The Kier molecular flexibility index (Phi) is 6.46. The Hall–Kier alpha value is -3.78.